The van der Waals surface area contributed by atoms with E-state index in [-0.39, 0.29) is 5.91 Å². The molecule has 0 fully saturated rings. The fourth-order valence-electron chi connectivity index (χ4n) is 3.48. The lowest BCUT2D eigenvalue weighted by Gasteiger charge is -2.08. The summed E-state index contributed by atoms with van der Waals surface area (Å²) in [5.74, 6) is 0.348. The van der Waals surface area contributed by atoms with Crippen molar-refractivity contribution in [1.82, 2.24) is 15.0 Å². The van der Waals surface area contributed by atoms with Crippen LogP contribution in [-0.4, -0.2) is 20.9 Å². The predicted octanol–water partition coefficient (Wildman–Crippen LogP) is 5.41. The third kappa shape index (κ3) is 3.37. The molecular weight excluding hydrogens is 372 g/mol. The standard InChI is InChI=1S/C25H18N4O/c1-16-4-2-6-22(27-16)29-25(30)20-11-7-17(8-12-20)21-14-13-19-10-9-18-5-3-15-26-23(18)24(19)28-21/h2-15H,1H3,(H,27,29,30). The maximum Gasteiger partial charge on any atom is 0.256 e. The van der Waals surface area contributed by atoms with Gasteiger partial charge in [0.25, 0.3) is 5.91 Å². The highest BCUT2D eigenvalue weighted by Gasteiger charge is 2.09. The van der Waals surface area contributed by atoms with E-state index in [9.17, 15) is 4.79 Å². The van der Waals surface area contributed by atoms with Crippen LogP contribution in [-0.2, 0) is 0 Å². The second-order valence-electron chi connectivity index (χ2n) is 7.10. The second-order valence-corrected chi connectivity index (χ2v) is 7.10. The van der Waals surface area contributed by atoms with Crippen LogP contribution in [0.15, 0.2) is 85.1 Å². The normalized spacial score (nSPS) is 11.0. The van der Waals surface area contributed by atoms with Gasteiger partial charge in [0, 0.05) is 33.8 Å². The van der Waals surface area contributed by atoms with Crippen LogP contribution in [0.3, 0.4) is 0 Å². The van der Waals surface area contributed by atoms with Gasteiger partial charge in [-0.3, -0.25) is 9.78 Å². The Balaban J connectivity index is 1.45. The minimum absolute atomic E-state index is 0.193. The Morgan fingerprint density at radius 2 is 1.53 bits per heavy atom. The fraction of sp³-hybridized carbons (Fsp3) is 0.0400. The first-order valence-electron chi connectivity index (χ1n) is 9.67. The molecule has 2 aromatic carbocycles. The van der Waals surface area contributed by atoms with Crippen molar-refractivity contribution in [2.45, 2.75) is 6.92 Å². The van der Waals surface area contributed by atoms with Gasteiger partial charge in [-0.1, -0.05) is 42.5 Å². The van der Waals surface area contributed by atoms with E-state index in [1.54, 1.807) is 24.4 Å². The molecular formula is C25H18N4O. The number of anilines is 1. The van der Waals surface area contributed by atoms with Crippen LogP contribution in [0.25, 0.3) is 33.1 Å². The van der Waals surface area contributed by atoms with Crippen LogP contribution >= 0.6 is 0 Å². The summed E-state index contributed by atoms with van der Waals surface area (Å²) >= 11 is 0. The fourth-order valence-corrected chi connectivity index (χ4v) is 3.48. The number of aromatic nitrogens is 3. The summed E-state index contributed by atoms with van der Waals surface area (Å²) in [6.07, 6.45) is 1.78. The summed E-state index contributed by atoms with van der Waals surface area (Å²) in [5.41, 5.74) is 4.96. The predicted molar refractivity (Wildman–Crippen MR) is 119 cm³/mol. The number of benzene rings is 2. The summed E-state index contributed by atoms with van der Waals surface area (Å²) in [7, 11) is 0. The van der Waals surface area contributed by atoms with Crippen LogP contribution in [0.2, 0.25) is 0 Å². The molecule has 3 heterocycles. The van der Waals surface area contributed by atoms with E-state index in [0.717, 1.165) is 38.8 Å². The molecule has 5 heteroatoms. The highest BCUT2D eigenvalue weighted by molar-refractivity contribution is 6.04. The largest absolute Gasteiger partial charge is 0.307 e. The first-order valence-corrected chi connectivity index (χ1v) is 9.67. The van der Waals surface area contributed by atoms with E-state index in [1.807, 2.05) is 49.4 Å². The zero-order valence-electron chi connectivity index (χ0n) is 16.3. The maximum absolute atomic E-state index is 12.5. The maximum atomic E-state index is 12.5. The Labute approximate surface area is 173 Å². The number of aryl methyl sites for hydroxylation is 1. The number of nitrogens with one attached hydrogen (secondary N) is 1. The van der Waals surface area contributed by atoms with Gasteiger partial charge in [-0.05, 0) is 43.3 Å². The molecule has 30 heavy (non-hydrogen) atoms. The molecule has 0 aliphatic carbocycles. The SMILES string of the molecule is Cc1cccc(NC(=O)c2ccc(-c3ccc4ccc5cccnc5c4n3)cc2)n1. The molecule has 0 spiro atoms. The van der Waals surface area contributed by atoms with E-state index in [1.165, 1.54) is 0 Å². The molecule has 144 valence electrons. The molecule has 0 aliphatic heterocycles. The van der Waals surface area contributed by atoms with Crippen molar-refractivity contribution >= 4 is 33.5 Å². The molecule has 0 bridgehead atoms. The van der Waals surface area contributed by atoms with Gasteiger partial charge in [-0.25, -0.2) is 9.97 Å². The number of carbonyl (C=O) groups is 1. The van der Waals surface area contributed by atoms with Crippen LogP contribution in [0.4, 0.5) is 5.82 Å². The van der Waals surface area contributed by atoms with Crippen LogP contribution in [0.1, 0.15) is 16.1 Å². The van der Waals surface area contributed by atoms with Crippen molar-refractivity contribution in [3.8, 4) is 11.3 Å². The first kappa shape index (κ1) is 17.9. The quantitative estimate of drug-likeness (QED) is 0.419. The number of nitrogens with zero attached hydrogens (tertiary/aromatic N) is 3. The van der Waals surface area contributed by atoms with Gasteiger partial charge in [0.15, 0.2) is 0 Å². The van der Waals surface area contributed by atoms with Gasteiger partial charge in [-0.2, -0.15) is 0 Å². The van der Waals surface area contributed by atoms with E-state index in [4.69, 9.17) is 4.98 Å². The minimum atomic E-state index is -0.193. The number of rotatable bonds is 3. The summed E-state index contributed by atoms with van der Waals surface area (Å²) in [6.45, 7) is 1.89. The summed E-state index contributed by atoms with van der Waals surface area (Å²) in [4.78, 5) is 26.2. The Morgan fingerprint density at radius 1 is 0.767 bits per heavy atom. The third-order valence-electron chi connectivity index (χ3n) is 5.00. The molecule has 3 aromatic heterocycles. The van der Waals surface area contributed by atoms with Crippen molar-refractivity contribution in [3.63, 3.8) is 0 Å². The van der Waals surface area contributed by atoms with Crippen LogP contribution < -0.4 is 5.32 Å². The zero-order valence-corrected chi connectivity index (χ0v) is 16.3. The van der Waals surface area contributed by atoms with Gasteiger partial charge >= 0.3 is 0 Å². The molecule has 0 saturated heterocycles. The van der Waals surface area contributed by atoms with Gasteiger partial charge in [-0.15, -0.1) is 0 Å². The lowest BCUT2D eigenvalue weighted by molar-refractivity contribution is 0.102. The monoisotopic (exact) mass is 390 g/mol. The number of hydrogen-bond donors (Lipinski definition) is 1. The molecule has 5 nitrogen and oxygen atoms in total. The molecule has 1 amide bonds. The Morgan fingerprint density at radius 3 is 2.33 bits per heavy atom. The Bertz CT molecular complexity index is 1390. The smallest absolute Gasteiger partial charge is 0.256 e. The molecule has 0 saturated carbocycles. The summed E-state index contributed by atoms with van der Waals surface area (Å²) < 4.78 is 0. The van der Waals surface area contributed by atoms with E-state index >= 15 is 0 Å². The molecule has 0 atom stereocenters. The number of amides is 1. The first-order chi connectivity index (χ1) is 14.7. The molecule has 0 radical (unpaired) electrons. The topological polar surface area (TPSA) is 67.8 Å². The lowest BCUT2D eigenvalue weighted by atomic mass is 10.1. The zero-order chi connectivity index (χ0) is 20.5. The van der Waals surface area contributed by atoms with Crippen molar-refractivity contribution in [2.75, 3.05) is 5.32 Å². The minimum Gasteiger partial charge on any atom is -0.307 e. The number of pyridine rings is 3. The van der Waals surface area contributed by atoms with Crippen LogP contribution in [0, 0.1) is 6.92 Å². The van der Waals surface area contributed by atoms with Crippen molar-refractivity contribution in [2.24, 2.45) is 0 Å². The van der Waals surface area contributed by atoms with Crippen molar-refractivity contribution < 1.29 is 4.79 Å². The Kier molecular flexibility index (Phi) is 4.41. The number of carbonyl (C=O) groups excluding carboxylic acids is 1. The third-order valence-corrected chi connectivity index (χ3v) is 5.00. The van der Waals surface area contributed by atoms with Gasteiger partial charge in [0.1, 0.15) is 5.82 Å². The Hall–Kier alpha value is -4.12. The molecule has 5 rings (SSSR count). The summed E-state index contributed by atoms with van der Waals surface area (Å²) in [6, 6.07) is 25.1. The van der Waals surface area contributed by atoms with E-state index in [2.05, 4.69) is 33.5 Å². The van der Waals surface area contributed by atoms with Gasteiger partial charge in [0.05, 0.1) is 16.7 Å². The highest BCUT2D eigenvalue weighted by Crippen LogP contribution is 2.26. The van der Waals surface area contributed by atoms with E-state index < -0.39 is 0 Å². The number of fused-ring (bicyclic) bond motifs is 3. The van der Waals surface area contributed by atoms with Crippen molar-refractivity contribution in [1.29, 1.82) is 0 Å². The summed E-state index contributed by atoms with van der Waals surface area (Å²) in [5, 5.41) is 4.94. The average molecular weight is 390 g/mol. The second kappa shape index (κ2) is 7.37. The average Bonchev–Trinajstić information content (AvgIpc) is 2.79. The van der Waals surface area contributed by atoms with E-state index in [0.29, 0.717) is 11.4 Å². The van der Waals surface area contributed by atoms with Crippen LogP contribution in [0.5, 0.6) is 0 Å². The van der Waals surface area contributed by atoms with Gasteiger partial charge in [0.2, 0.25) is 0 Å². The lowest BCUT2D eigenvalue weighted by Crippen LogP contribution is -2.13. The highest BCUT2D eigenvalue weighted by atomic mass is 16.1. The van der Waals surface area contributed by atoms with Gasteiger partial charge < -0.3 is 5.32 Å². The molecule has 0 aliphatic rings. The number of hydrogen-bond acceptors (Lipinski definition) is 4. The van der Waals surface area contributed by atoms with Crippen molar-refractivity contribution in [3.05, 3.63) is 96.3 Å². The molecule has 5 aromatic rings. The molecule has 0 unspecified atom stereocenters. The molecule has 1 N–H and O–H groups in total.